The van der Waals surface area contributed by atoms with Crippen LogP contribution in [0.15, 0.2) is 259 Å². The molecule has 65 heavy (non-hydrogen) atoms. The molecule has 1 heterocycles. The van der Waals surface area contributed by atoms with Gasteiger partial charge in [0.2, 0.25) is 0 Å². The van der Waals surface area contributed by atoms with Crippen LogP contribution in [0.25, 0.3) is 76.9 Å². The number of benzene rings is 11. The molecule has 0 atom stereocenters. The Labute approximate surface area is 382 Å². The zero-order valence-electron chi connectivity index (χ0n) is 38.3. The van der Waals surface area contributed by atoms with Crippen LogP contribution in [0.3, 0.4) is 0 Å². The molecule has 0 fully saturated rings. The van der Waals surface area contributed by atoms with Crippen molar-refractivity contribution in [3.63, 3.8) is 0 Å². The summed E-state index contributed by atoms with van der Waals surface area (Å²) in [4.78, 5) is 4.04. The number of para-hydroxylation sites is 2. The van der Waals surface area contributed by atoms with Crippen LogP contribution in [0, 0.1) is 0 Å². The maximum Gasteiger partial charge on any atom is 0.135 e. The van der Waals surface area contributed by atoms with E-state index in [9.17, 15) is 4.11 Å². The van der Waals surface area contributed by atoms with Crippen molar-refractivity contribution in [3.05, 3.63) is 255 Å². The number of fused-ring (bicyclic) bond motifs is 6. The number of hydrogen-bond acceptors (Lipinski definition) is 3. The van der Waals surface area contributed by atoms with Crippen molar-refractivity contribution >= 4 is 77.6 Å². The minimum Gasteiger partial charge on any atom is -0.456 e. The van der Waals surface area contributed by atoms with Crippen molar-refractivity contribution in [2.24, 2.45) is 0 Å². The zero-order valence-corrected chi connectivity index (χ0v) is 35.3. The molecule has 12 rings (SSSR count). The first-order chi connectivity index (χ1) is 33.5. The molecule has 0 bridgehead atoms. The molecule has 0 saturated heterocycles. The predicted molar refractivity (Wildman–Crippen MR) is 274 cm³/mol. The molecule has 0 N–H and O–H groups in total. The van der Waals surface area contributed by atoms with Gasteiger partial charge < -0.3 is 14.2 Å². The largest absolute Gasteiger partial charge is 0.456 e. The van der Waals surface area contributed by atoms with Gasteiger partial charge in [-0.05, 0) is 140 Å². The monoisotopic (exact) mass is 833 g/mol. The Morgan fingerprint density at radius 1 is 0.277 bits per heavy atom. The fraction of sp³-hybridized carbons (Fsp3) is 0. The van der Waals surface area contributed by atoms with Crippen LogP contribution in [0.1, 0.15) is 4.11 Å². The van der Waals surface area contributed by atoms with Crippen LogP contribution in [0.5, 0.6) is 0 Å². The molecule has 0 aliphatic rings. The summed E-state index contributed by atoms with van der Waals surface area (Å²) in [6.45, 7) is 0. The van der Waals surface area contributed by atoms with E-state index in [4.69, 9.17) is 4.42 Å². The fourth-order valence-electron chi connectivity index (χ4n) is 9.17. The van der Waals surface area contributed by atoms with E-state index < -0.39 is 0 Å². The number of furan rings is 1. The molecule has 3 heteroatoms. The predicted octanol–water partition coefficient (Wildman–Crippen LogP) is 17.8. The molecule has 0 spiro atoms. The normalized spacial score (nSPS) is 12.0. The highest BCUT2D eigenvalue weighted by atomic mass is 16.3. The molecular formula is C62H42N2O. The summed E-state index contributed by atoms with van der Waals surface area (Å²) in [7, 11) is 0. The molecule has 12 aromatic rings. The lowest BCUT2D eigenvalue weighted by atomic mass is 9.92. The highest BCUT2D eigenvalue weighted by Crippen LogP contribution is 2.46. The van der Waals surface area contributed by atoms with Crippen LogP contribution >= 0.6 is 0 Å². The smallest absolute Gasteiger partial charge is 0.135 e. The molecule has 3 nitrogen and oxygen atoms in total. The molecule has 1 aromatic heterocycles. The Morgan fingerprint density at radius 2 is 0.723 bits per heavy atom. The van der Waals surface area contributed by atoms with Gasteiger partial charge in [0.15, 0.2) is 0 Å². The van der Waals surface area contributed by atoms with E-state index in [0.29, 0.717) is 16.9 Å². The van der Waals surface area contributed by atoms with Gasteiger partial charge in [0.05, 0.1) is 4.11 Å². The third-order valence-electron chi connectivity index (χ3n) is 12.3. The van der Waals surface area contributed by atoms with Crippen molar-refractivity contribution in [1.29, 1.82) is 0 Å². The molecular weight excluding hydrogens is 789 g/mol. The lowest BCUT2D eigenvalue weighted by Gasteiger charge is -2.30. The summed E-state index contributed by atoms with van der Waals surface area (Å²) < 4.78 is 38.0. The third-order valence-corrected chi connectivity index (χ3v) is 12.3. The summed E-state index contributed by atoms with van der Waals surface area (Å²) in [6.07, 6.45) is 0. The first-order valence-electron chi connectivity index (χ1n) is 23.4. The summed E-state index contributed by atoms with van der Waals surface area (Å²) >= 11 is 0. The Morgan fingerprint density at radius 3 is 1.35 bits per heavy atom. The van der Waals surface area contributed by atoms with Gasteiger partial charge in [-0.1, -0.05) is 170 Å². The molecule has 0 aliphatic heterocycles. The van der Waals surface area contributed by atoms with Crippen LogP contribution in [0.2, 0.25) is 0 Å². The minimum absolute atomic E-state index is 0.0362. The van der Waals surface area contributed by atoms with Crippen LogP contribution in [-0.2, 0) is 0 Å². The third kappa shape index (κ3) is 7.06. The quantitative estimate of drug-likeness (QED) is 0.135. The molecule has 0 saturated carbocycles. The van der Waals surface area contributed by atoms with E-state index in [0.717, 1.165) is 94.1 Å². The van der Waals surface area contributed by atoms with Crippen LogP contribution in [0.4, 0.5) is 34.1 Å². The van der Waals surface area contributed by atoms with Gasteiger partial charge in [-0.3, -0.25) is 0 Å². The summed E-state index contributed by atoms with van der Waals surface area (Å²) in [6, 6.07) is 80.1. The van der Waals surface area contributed by atoms with E-state index in [1.54, 1.807) is 0 Å². The van der Waals surface area contributed by atoms with Crippen LogP contribution < -0.4 is 9.80 Å². The topological polar surface area (TPSA) is 19.6 Å². The Kier molecular flexibility index (Phi) is 8.71. The standard InChI is InChI=1S/C62H42N2O/c1-4-16-43(17-5-1)45-28-32-50(33-29-45)63(51-34-30-46(31-35-51)44-18-6-2-7-19-44)53-38-48(59-40-47-20-10-11-23-55(47)56-24-12-13-25-57(56)59)39-54(41-53)64(49-21-8-3-9-22-49)52-36-37-62-60(42-52)58-26-14-15-27-61(58)65-62/h1-42H/i38D,39D,41D. The Hall–Kier alpha value is -8.66. The number of anilines is 6. The summed E-state index contributed by atoms with van der Waals surface area (Å²) in [5, 5.41) is 5.94. The van der Waals surface area contributed by atoms with Crippen molar-refractivity contribution in [2.45, 2.75) is 0 Å². The van der Waals surface area contributed by atoms with E-state index in [1.165, 1.54) is 0 Å². The van der Waals surface area contributed by atoms with Crippen LogP contribution in [-0.4, -0.2) is 0 Å². The maximum atomic E-state index is 10.6. The molecule has 0 radical (unpaired) electrons. The number of nitrogens with zero attached hydrogens (tertiary/aromatic N) is 2. The number of rotatable bonds is 9. The first-order valence-corrected chi connectivity index (χ1v) is 21.9. The summed E-state index contributed by atoms with van der Waals surface area (Å²) in [5.41, 5.74) is 10.7. The SMILES string of the molecule is [2H]c1c(-c2cc3ccccc3c3ccccc23)c([2H])c(N(c2ccccc2)c2ccc3oc4ccccc4c3c2)c([2H])c1N(c1ccc(-c2ccccc2)cc1)c1ccc(-c2ccccc2)cc1. The van der Waals surface area contributed by atoms with Crippen molar-refractivity contribution in [3.8, 4) is 33.4 Å². The highest BCUT2D eigenvalue weighted by molar-refractivity contribution is 6.14. The first kappa shape index (κ1) is 34.9. The van der Waals surface area contributed by atoms with E-state index in [-0.39, 0.29) is 18.1 Å². The van der Waals surface area contributed by atoms with Gasteiger partial charge in [-0.25, -0.2) is 0 Å². The molecule has 0 aliphatic carbocycles. The van der Waals surface area contributed by atoms with Crippen molar-refractivity contribution in [2.75, 3.05) is 9.80 Å². The minimum atomic E-state index is 0.0362. The fourth-order valence-corrected chi connectivity index (χ4v) is 9.17. The Bertz CT molecular complexity index is 3730. The van der Waals surface area contributed by atoms with Crippen molar-refractivity contribution < 1.29 is 8.53 Å². The zero-order chi connectivity index (χ0) is 45.7. The summed E-state index contributed by atoms with van der Waals surface area (Å²) in [5.74, 6) is 0. The van der Waals surface area contributed by atoms with Crippen molar-refractivity contribution in [1.82, 2.24) is 0 Å². The lowest BCUT2D eigenvalue weighted by molar-refractivity contribution is 0.669. The van der Waals surface area contributed by atoms with Gasteiger partial charge in [0, 0.05) is 44.9 Å². The number of hydrogen-bond donors (Lipinski definition) is 0. The van der Waals surface area contributed by atoms with Gasteiger partial charge in [0.1, 0.15) is 11.2 Å². The second-order valence-electron chi connectivity index (χ2n) is 16.2. The highest BCUT2D eigenvalue weighted by Gasteiger charge is 2.22. The van der Waals surface area contributed by atoms with Gasteiger partial charge in [0.25, 0.3) is 0 Å². The average molecular weight is 834 g/mol. The average Bonchev–Trinajstić information content (AvgIpc) is 3.78. The van der Waals surface area contributed by atoms with Gasteiger partial charge in [-0.2, -0.15) is 0 Å². The van der Waals surface area contributed by atoms with E-state index in [2.05, 4.69) is 115 Å². The maximum absolute atomic E-state index is 10.6. The second kappa shape index (κ2) is 16.2. The Balaban J connectivity index is 1.18. The van der Waals surface area contributed by atoms with Gasteiger partial charge in [-0.15, -0.1) is 0 Å². The molecule has 0 amide bonds. The molecule has 11 aromatic carbocycles. The second-order valence-corrected chi connectivity index (χ2v) is 16.2. The van der Waals surface area contributed by atoms with E-state index >= 15 is 0 Å². The van der Waals surface area contributed by atoms with E-state index in [1.807, 2.05) is 131 Å². The molecule has 0 unspecified atom stereocenters. The molecule has 306 valence electrons. The lowest BCUT2D eigenvalue weighted by Crippen LogP contribution is -2.13. The van der Waals surface area contributed by atoms with Gasteiger partial charge >= 0.3 is 0 Å².